The minimum atomic E-state index is -3.09. The molecule has 150 valence electrons. The van der Waals surface area contributed by atoms with E-state index in [2.05, 4.69) is 5.32 Å². The van der Waals surface area contributed by atoms with Crippen LogP contribution in [0, 0.1) is 0 Å². The molecule has 0 spiro atoms. The van der Waals surface area contributed by atoms with E-state index in [0.717, 1.165) is 5.56 Å². The maximum atomic E-state index is 12.1. The fourth-order valence-corrected chi connectivity index (χ4v) is 4.60. The molecule has 27 heavy (non-hydrogen) atoms. The molecule has 1 aromatic carbocycles. The molecule has 1 amide bonds. The summed E-state index contributed by atoms with van der Waals surface area (Å²) >= 11 is 0. The predicted molar refractivity (Wildman–Crippen MR) is 98.6 cm³/mol. The van der Waals surface area contributed by atoms with Gasteiger partial charge in [0.2, 0.25) is 0 Å². The van der Waals surface area contributed by atoms with Crippen LogP contribution in [0.15, 0.2) is 18.2 Å². The highest BCUT2D eigenvalue weighted by Gasteiger charge is 2.30. The van der Waals surface area contributed by atoms with Gasteiger partial charge in [0.15, 0.2) is 27.4 Å². The molecule has 9 heteroatoms. The van der Waals surface area contributed by atoms with E-state index in [4.69, 9.17) is 14.2 Å². The highest BCUT2D eigenvalue weighted by Crippen LogP contribution is 2.31. The van der Waals surface area contributed by atoms with Gasteiger partial charge < -0.3 is 19.5 Å². The molecule has 2 rings (SSSR count). The van der Waals surface area contributed by atoms with Crippen LogP contribution in [0.25, 0.3) is 0 Å². The van der Waals surface area contributed by atoms with Gasteiger partial charge in [0.05, 0.1) is 25.7 Å². The SMILES string of the molecule is COc1cccc(CCC(=O)O[C@H](C)C(=O)N[C@@H]2CCS(=O)(=O)C2)c1OC. The highest BCUT2D eigenvalue weighted by molar-refractivity contribution is 7.91. The van der Waals surface area contributed by atoms with Crippen LogP contribution in [0.2, 0.25) is 0 Å². The van der Waals surface area contributed by atoms with Crippen LogP contribution < -0.4 is 14.8 Å². The van der Waals surface area contributed by atoms with E-state index < -0.39 is 33.9 Å². The van der Waals surface area contributed by atoms with Crippen LogP contribution in [0.4, 0.5) is 0 Å². The van der Waals surface area contributed by atoms with Gasteiger partial charge in [0, 0.05) is 12.5 Å². The Morgan fingerprint density at radius 2 is 2.00 bits per heavy atom. The van der Waals surface area contributed by atoms with Crippen molar-refractivity contribution in [2.24, 2.45) is 0 Å². The van der Waals surface area contributed by atoms with E-state index in [0.29, 0.717) is 24.3 Å². The molecule has 0 unspecified atom stereocenters. The van der Waals surface area contributed by atoms with Crippen molar-refractivity contribution in [2.45, 2.75) is 38.3 Å². The lowest BCUT2D eigenvalue weighted by molar-refractivity contribution is -0.155. The van der Waals surface area contributed by atoms with E-state index in [9.17, 15) is 18.0 Å². The van der Waals surface area contributed by atoms with E-state index in [1.54, 1.807) is 12.1 Å². The van der Waals surface area contributed by atoms with Gasteiger partial charge >= 0.3 is 5.97 Å². The Bertz CT molecular complexity index is 791. The average Bonchev–Trinajstić information content (AvgIpc) is 2.97. The molecule has 1 aliphatic rings. The second kappa shape index (κ2) is 9.07. The molecule has 1 aliphatic heterocycles. The summed E-state index contributed by atoms with van der Waals surface area (Å²) in [7, 11) is -0.0295. The summed E-state index contributed by atoms with van der Waals surface area (Å²) in [6, 6.07) is 4.96. The third kappa shape index (κ3) is 5.85. The van der Waals surface area contributed by atoms with Gasteiger partial charge in [0.1, 0.15) is 0 Å². The second-order valence-corrected chi connectivity index (χ2v) is 8.62. The molecule has 0 aromatic heterocycles. The van der Waals surface area contributed by atoms with Gasteiger partial charge in [-0.25, -0.2) is 8.42 Å². The van der Waals surface area contributed by atoms with Crippen molar-refractivity contribution < 1.29 is 32.2 Å². The normalized spacial score (nSPS) is 19.1. The van der Waals surface area contributed by atoms with Gasteiger partial charge in [-0.3, -0.25) is 9.59 Å². The van der Waals surface area contributed by atoms with Crippen LogP contribution in [0.1, 0.15) is 25.3 Å². The van der Waals surface area contributed by atoms with Crippen molar-refractivity contribution in [3.05, 3.63) is 23.8 Å². The summed E-state index contributed by atoms with van der Waals surface area (Å²) in [4.78, 5) is 24.1. The number of esters is 1. The summed E-state index contributed by atoms with van der Waals surface area (Å²) in [6.07, 6.45) is -0.175. The number of carbonyl (C=O) groups is 2. The van der Waals surface area contributed by atoms with Crippen molar-refractivity contribution in [3.8, 4) is 11.5 Å². The summed E-state index contributed by atoms with van der Waals surface area (Å²) in [6.45, 7) is 1.46. The van der Waals surface area contributed by atoms with Gasteiger partial charge in [0.25, 0.3) is 5.91 Å². The zero-order chi connectivity index (χ0) is 20.0. The molecule has 1 saturated heterocycles. The molecular weight excluding hydrogens is 374 g/mol. The lowest BCUT2D eigenvalue weighted by Crippen LogP contribution is -2.42. The number of hydrogen-bond donors (Lipinski definition) is 1. The monoisotopic (exact) mass is 399 g/mol. The number of amides is 1. The van der Waals surface area contributed by atoms with Crippen molar-refractivity contribution in [1.29, 1.82) is 0 Å². The van der Waals surface area contributed by atoms with Crippen molar-refractivity contribution in [1.82, 2.24) is 5.32 Å². The minimum Gasteiger partial charge on any atom is -0.493 e. The zero-order valence-electron chi connectivity index (χ0n) is 15.7. The number of nitrogens with one attached hydrogen (secondary N) is 1. The summed E-state index contributed by atoms with van der Waals surface area (Å²) < 4.78 is 38.6. The molecule has 0 saturated carbocycles. The average molecular weight is 399 g/mol. The predicted octanol–water partition coefficient (Wildman–Crippen LogP) is 0.871. The molecule has 1 aromatic rings. The molecule has 1 fully saturated rings. The molecule has 1 N–H and O–H groups in total. The lowest BCUT2D eigenvalue weighted by Gasteiger charge is -2.17. The zero-order valence-corrected chi connectivity index (χ0v) is 16.5. The maximum absolute atomic E-state index is 12.1. The van der Waals surface area contributed by atoms with E-state index >= 15 is 0 Å². The summed E-state index contributed by atoms with van der Waals surface area (Å²) in [5, 5.41) is 2.61. The Morgan fingerprint density at radius 3 is 2.59 bits per heavy atom. The van der Waals surface area contributed by atoms with E-state index in [-0.39, 0.29) is 17.9 Å². The van der Waals surface area contributed by atoms with Gasteiger partial charge in [-0.05, 0) is 31.4 Å². The van der Waals surface area contributed by atoms with Crippen molar-refractivity contribution >= 4 is 21.7 Å². The van der Waals surface area contributed by atoms with Crippen molar-refractivity contribution in [2.75, 3.05) is 25.7 Å². The number of aryl methyl sites for hydroxylation is 1. The Labute approximate surface area is 159 Å². The van der Waals surface area contributed by atoms with E-state index in [1.807, 2.05) is 6.07 Å². The molecule has 0 bridgehead atoms. The summed E-state index contributed by atoms with van der Waals surface area (Å²) in [5.74, 6) is 0.0958. The molecule has 0 aliphatic carbocycles. The minimum absolute atomic E-state index is 0.0640. The molecule has 0 radical (unpaired) electrons. The first-order valence-electron chi connectivity index (χ1n) is 8.66. The Kier molecular flexibility index (Phi) is 7.06. The molecular formula is C18H25NO7S. The van der Waals surface area contributed by atoms with Crippen LogP contribution in [-0.4, -0.2) is 58.2 Å². The Hall–Kier alpha value is -2.29. The Balaban J connectivity index is 1.84. The van der Waals surface area contributed by atoms with Crippen LogP contribution in [0.5, 0.6) is 11.5 Å². The number of para-hydroxylation sites is 1. The van der Waals surface area contributed by atoms with Crippen molar-refractivity contribution in [3.63, 3.8) is 0 Å². The largest absolute Gasteiger partial charge is 0.493 e. The fourth-order valence-electron chi connectivity index (χ4n) is 2.92. The molecule has 2 atom stereocenters. The summed E-state index contributed by atoms with van der Waals surface area (Å²) in [5.41, 5.74) is 0.794. The van der Waals surface area contributed by atoms with Gasteiger partial charge in [-0.1, -0.05) is 12.1 Å². The number of rotatable bonds is 8. The van der Waals surface area contributed by atoms with Crippen LogP contribution in [0.3, 0.4) is 0 Å². The fraction of sp³-hybridized carbons (Fsp3) is 0.556. The number of sulfone groups is 1. The maximum Gasteiger partial charge on any atom is 0.306 e. The first kappa shape index (κ1) is 21.0. The lowest BCUT2D eigenvalue weighted by atomic mass is 10.1. The Morgan fingerprint density at radius 1 is 1.26 bits per heavy atom. The first-order chi connectivity index (χ1) is 12.8. The number of benzene rings is 1. The number of hydrogen-bond acceptors (Lipinski definition) is 7. The van der Waals surface area contributed by atoms with Crippen LogP contribution >= 0.6 is 0 Å². The molecule has 1 heterocycles. The van der Waals surface area contributed by atoms with E-state index in [1.165, 1.54) is 21.1 Å². The third-order valence-corrected chi connectivity index (χ3v) is 6.11. The second-order valence-electron chi connectivity index (χ2n) is 6.39. The van der Waals surface area contributed by atoms with Crippen LogP contribution in [-0.2, 0) is 30.6 Å². The van der Waals surface area contributed by atoms with Gasteiger partial charge in [-0.15, -0.1) is 0 Å². The highest BCUT2D eigenvalue weighted by atomic mass is 32.2. The first-order valence-corrected chi connectivity index (χ1v) is 10.5. The number of carbonyl (C=O) groups excluding carboxylic acids is 2. The topological polar surface area (TPSA) is 108 Å². The quantitative estimate of drug-likeness (QED) is 0.646. The number of methoxy groups -OCH3 is 2. The standard InChI is InChI=1S/C18H25NO7S/c1-12(18(21)19-14-9-10-27(22,23)11-14)26-16(20)8-7-13-5-4-6-15(24-2)17(13)25-3/h4-6,12,14H,7-11H2,1-3H3,(H,19,21)/t12-,14-/m1/s1. The molecule has 8 nitrogen and oxygen atoms in total. The smallest absolute Gasteiger partial charge is 0.306 e. The van der Waals surface area contributed by atoms with Gasteiger partial charge in [-0.2, -0.15) is 0 Å². The number of ether oxygens (including phenoxy) is 3. The third-order valence-electron chi connectivity index (χ3n) is 4.34.